The summed E-state index contributed by atoms with van der Waals surface area (Å²) in [4.78, 5) is 10.9. The van der Waals surface area contributed by atoms with Crippen LogP contribution in [-0.4, -0.2) is 42.2 Å². The molecule has 3 nitrogen and oxygen atoms in total. The van der Waals surface area contributed by atoms with Crippen LogP contribution in [0.1, 0.15) is 13.8 Å². The molecule has 0 fully saturated rings. The number of nitrogens with zero attached hydrogens (tertiary/aromatic N) is 1. The van der Waals surface area contributed by atoms with Crippen LogP contribution in [0.25, 0.3) is 0 Å². The van der Waals surface area contributed by atoms with Crippen molar-refractivity contribution in [1.29, 1.82) is 0 Å². The van der Waals surface area contributed by atoms with E-state index in [-0.39, 0.29) is 40.0 Å². The summed E-state index contributed by atoms with van der Waals surface area (Å²) in [6.45, 7) is 3.43. The number of hydrogen-bond donors (Lipinski definition) is 1. The molecule has 0 aliphatic heterocycles. The summed E-state index contributed by atoms with van der Waals surface area (Å²) in [5, 5.41) is 8.75. The number of halogens is 1. The van der Waals surface area contributed by atoms with Crippen LogP contribution < -0.4 is 17.0 Å². The Labute approximate surface area is 78.4 Å². The van der Waals surface area contributed by atoms with Gasteiger partial charge in [0.1, 0.15) is 6.04 Å². The molecule has 0 saturated heterocycles. The van der Waals surface area contributed by atoms with Crippen LogP contribution in [0, 0.1) is 0 Å². The quantitative estimate of drug-likeness (QED) is 0.509. The van der Waals surface area contributed by atoms with E-state index in [1.807, 2.05) is 6.92 Å². The van der Waals surface area contributed by atoms with Crippen LogP contribution in [0.3, 0.4) is 0 Å². The normalized spacial score (nSPS) is 13.5. The highest BCUT2D eigenvalue weighted by Crippen LogP contribution is 2.05. The zero-order chi connectivity index (χ0) is 8.36. The first kappa shape index (κ1) is 13.6. The maximum Gasteiger partial charge on any atom is 0.310 e. The zero-order valence-electron chi connectivity index (χ0n) is 7.47. The van der Waals surface area contributed by atoms with E-state index >= 15 is 0 Å². The molecule has 0 radical (unpaired) electrons. The number of carbonyl (C=O) groups excluding carboxylic acids is 1. The van der Waals surface area contributed by atoms with Crippen LogP contribution in [0.2, 0.25) is 0 Å². The minimum absolute atomic E-state index is 0. The first-order valence-electron chi connectivity index (χ1n) is 3.38. The molecule has 0 aromatic heterocycles. The number of amides is 1. The summed E-state index contributed by atoms with van der Waals surface area (Å²) in [5.74, 6) is 0.0709. The Hall–Kier alpha value is 0.0700. The zero-order valence-corrected chi connectivity index (χ0v) is 9.05. The number of quaternary nitrogens is 1. The van der Waals surface area contributed by atoms with E-state index in [4.69, 9.17) is 5.11 Å². The van der Waals surface area contributed by atoms with E-state index in [0.29, 0.717) is 0 Å². The smallest absolute Gasteiger partial charge is 0.310 e. The molecule has 1 unspecified atom stereocenters. The van der Waals surface area contributed by atoms with Gasteiger partial charge in [-0.2, -0.15) is 0 Å². The molecule has 0 aromatic carbocycles. The Morgan fingerprint density at radius 3 is 2.00 bits per heavy atom. The number of aliphatic hydroxyl groups excluding tert-OH is 1. The average Bonchev–Trinajstić information content (AvgIpc) is 1.86. The molecular weight excluding hydrogens is 210 g/mol. The van der Waals surface area contributed by atoms with Crippen molar-refractivity contribution in [2.24, 2.45) is 0 Å². The Morgan fingerprint density at radius 2 is 1.91 bits per heavy atom. The van der Waals surface area contributed by atoms with Crippen molar-refractivity contribution in [1.82, 2.24) is 0 Å². The van der Waals surface area contributed by atoms with E-state index < -0.39 is 0 Å². The predicted octanol–water partition coefficient (Wildman–Crippen LogP) is -3.01. The number of rotatable bonds is 2. The largest absolute Gasteiger partial charge is 1.00 e. The monoisotopic (exact) mass is 225 g/mol. The average molecular weight is 226 g/mol. The van der Waals surface area contributed by atoms with Crippen molar-refractivity contribution in [2.75, 3.05) is 20.7 Å². The van der Waals surface area contributed by atoms with Gasteiger partial charge in [0.15, 0.2) is 0 Å². The number of aliphatic hydroxyl groups is 1. The lowest BCUT2D eigenvalue weighted by Crippen LogP contribution is -3.00. The van der Waals surface area contributed by atoms with Gasteiger partial charge in [-0.05, 0) is 6.92 Å². The van der Waals surface area contributed by atoms with Crippen molar-refractivity contribution in [3.63, 3.8) is 0 Å². The van der Waals surface area contributed by atoms with Gasteiger partial charge in [-0.3, -0.25) is 4.48 Å². The molecule has 4 heteroatoms. The number of hydrogen-bond acceptors (Lipinski definition) is 2. The van der Waals surface area contributed by atoms with Gasteiger partial charge < -0.3 is 22.1 Å². The standard InChI is InChI=1S/C7H16NO2.BrH/c1-6(5-9)8(3,4)7(2)10;/h6,9H,5H2,1-4H3;1H/q+1;/p-1. The van der Waals surface area contributed by atoms with Crippen molar-refractivity contribution in [2.45, 2.75) is 19.9 Å². The van der Waals surface area contributed by atoms with Gasteiger partial charge in [0.25, 0.3) is 0 Å². The second kappa shape index (κ2) is 4.85. The third-order valence-corrected chi connectivity index (χ3v) is 2.18. The van der Waals surface area contributed by atoms with E-state index in [1.165, 1.54) is 6.92 Å². The summed E-state index contributed by atoms with van der Waals surface area (Å²) >= 11 is 0. The lowest BCUT2D eigenvalue weighted by molar-refractivity contribution is -0.838. The van der Waals surface area contributed by atoms with Crippen LogP contribution in [0.5, 0.6) is 0 Å². The molecule has 1 atom stereocenters. The lowest BCUT2D eigenvalue weighted by Gasteiger charge is -2.30. The van der Waals surface area contributed by atoms with Crippen molar-refractivity contribution in [3.05, 3.63) is 0 Å². The molecule has 0 aromatic rings. The van der Waals surface area contributed by atoms with Gasteiger partial charge in [-0.25, -0.2) is 4.79 Å². The highest BCUT2D eigenvalue weighted by atomic mass is 79.9. The highest BCUT2D eigenvalue weighted by molar-refractivity contribution is 5.65. The molecular formula is C7H16BrNO2. The highest BCUT2D eigenvalue weighted by Gasteiger charge is 2.28. The third-order valence-electron chi connectivity index (χ3n) is 2.18. The molecule has 0 bridgehead atoms. The first-order chi connectivity index (χ1) is 4.42. The molecule has 1 N–H and O–H groups in total. The van der Waals surface area contributed by atoms with E-state index in [9.17, 15) is 4.79 Å². The van der Waals surface area contributed by atoms with Gasteiger partial charge in [0, 0.05) is 0 Å². The van der Waals surface area contributed by atoms with Crippen LogP contribution in [0.15, 0.2) is 0 Å². The van der Waals surface area contributed by atoms with E-state index in [1.54, 1.807) is 14.1 Å². The minimum atomic E-state index is -0.0162. The van der Waals surface area contributed by atoms with Crippen LogP contribution in [0.4, 0.5) is 0 Å². The van der Waals surface area contributed by atoms with Crippen LogP contribution in [-0.2, 0) is 4.79 Å². The van der Waals surface area contributed by atoms with Crippen molar-refractivity contribution < 1.29 is 31.4 Å². The third kappa shape index (κ3) is 3.31. The fraction of sp³-hybridized carbons (Fsp3) is 0.857. The Morgan fingerprint density at radius 1 is 1.55 bits per heavy atom. The lowest BCUT2D eigenvalue weighted by atomic mass is 10.2. The minimum Gasteiger partial charge on any atom is -1.00 e. The second-order valence-electron chi connectivity index (χ2n) is 3.09. The van der Waals surface area contributed by atoms with Crippen molar-refractivity contribution in [3.8, 4) is 0 Å². The SMILES string of the molecule is CC(=O)[N+](C)(C)C(C)CO.[Br-]. The predicted molar refractivity (Wildman–Crippen MR) is 39.3 cm³/mol. The Bertz CT molecular complexity index is 136. The molecule has 0 aliphatic carbocycles. The summed E-state index contributed by atoms with van der Waals surface area (Å²) in [6.07, 6.45) is 0. The fourth-order valence-corrected chi connectivity index (χ4v) is 0.514. The maximum atomic E-state index is 10.9. The second-order valence-corrected chi connectivity index (χ2v) is 3.09. The first-order valence-corrected chi connectivity index (χ1v) is 3.38. The van der Waals surface area contributed by atoms with E-state index in [0.717, 1.165) is 0 Å². The summed E-state index contributed by atoms with van der Waals surface area (Å²) < 4.78 is 0.247. The maximum absolute atomic E-state index is 10.9. The van der Waals surface area contributed by atoms with E-state index in [2.05, 4.69) is 0 Å². The van der Waals surface area contributed by atoms with Gasteiger partial charge in [0.2, 0.25) is 0 Å². The van der Waals surface area contributed by atoms with Gasteiger partial charge in [-0.15, -0.1) is 0 Å². The summed E-state index contributed by atoms with van der Waals surface area (Å²) in [5.41, 5.74) is 0. The Balaban J connectivity index is 0. The molecule has 0 saturated carbocycles. The van der Waals surface area contributed by atoms with Gasteiger partial charge >= 0.3 is 5.91 Å². The number of likely N-dealkylation sites (N-methyl/N-ethyl adjacent to an activating group) is 1. The summed E-state index contributed by atoms with van der Waals surface area (Å²) in [7, 11) is 3.59. The van der Waals surface area contributed by atoms with Gasteiger partial charge in [-0.1, -0.05) is 0 Å². The van der Waals surface area contributed by atoms with Crippen molar-refractivity contribution >= 4 is 5.91 Å². The number of carbonyl (C=O) groups is 1. The molecule has 0 spiro atoms. The molecule has 68 valence electrons. The molecule has 1 amide bonds. The van der Waals surface area contributed by atoms with Gasteiger partial charge in [0.05, 0.1) is 27.6 Å². The molecule has 0 aliphatic rings. The topological polar surface area (TPSA) is 37.3 Å². The molecule has 11 heavy (non-hydrogen) atoms. The summed E-state index contributed by atoms with van der Waals surface area (Å²) in [6, 6.07) is -0.0162. The fourth-order valence-electron chi connectivity index (χ4n) is 0.514. The molecule has 0 heterocycles. The Kier molecular flexibility index (Phi) is 6.02. The molecule has 0 rings (SSSR count). The van der Waals surface area contributed by atoms with Crippen LogP contribution >= 0.6 is 0 Å².